The van der Waals surface area contributed by atoms with Crippen LogP contribution in [0.2, 0.25) is 0 Å². The van der Waals surface area contributed by atoms with E-state index in [2.05, 4.69) is 15.6 Å². The van der Waals surface area contributed by atoms with E-state index in [1.807, 2.05) is 29.9 Å². The van der Waals surface area contributed by atoms with Crippen molar-refractivity contribution < 1.29 is 14.1 Å². The van der Waals surface area contributed by atoms with Crippen LogP contribution in [0.4, 0.5) is 0 Å². The smallest absolute Gasteiger partial charge is 0.220 e. The van der Waals surface area contributed by atoms with Crippen molar-refractivity contribution in [1.82, 2.24) is 20.3 Å². The molecule has 0 unspecified atom stereocenters. The molecule has 0 aromatic carbocycles. The van der Waals surface area contributed by atoms with Gasteiger partial charge in [-0.1, -0.05) is 5.16 Å². The number of aromatic nitrogens is 3. The molecule has 1 aliphatic rings. The second kappa shape index (κ2) is 7.41. The molecule has 124 valence electrons. The number of rotatable bonds is 7. The molecule has 3 heterocycles. The van der Waals surface area contributed by atoms with Crippen LogP contribution in [0.15, 0.2) is 29.0 Å². The van der Waals surface area contributed by atoms with Gasteiger partial charge < -0.3 is 14.6 Å². The fourth-order valence-electron chi connectivity index (χ4n) is 2.84. The van der Waals surface area contributed by atoms with Crippen molar-refractivity contribution in [2.24, 2.45) is 5.92 Å². The topological polar surface area (TPSA) is 82.2 Å². The van der Waals surface area contributed by atoms with E-state index in [9.17, 15) is 4.79 Å². The Labute approximate surface area is 135 Å². The zero-order valence-electron chi connectivity index (χ0n) is 13.3. The van der Waals surface area contributed by atoms with Crippen molar-refractivity contribution in [3.63, 3.8) is 0 Å². The molecular formula is C16H22N4O3. The Kier molecular flexibility index (Phi) is 5.07. The van der Waals surface area contributed by atoms with Crippen LogP contribution in [0.5, 0.6) is 0 Å². The zero-order chi connectivity index (χ0) is 16.1. The second-order valence-corrected chi connectivity index (χ2v) is 5.98. The van der Waals surface area contributed by atoms with E-state index in [1.54, 1.807) is 6.20 Å². The third-order valence-corrected chi connectivity index (χ3v) is 4.04. The van der Waals surface area contributed by atoms with Gasteiger partial charge in [-0.15, -0.1) is 0 Å². The van der Waals surface area contributed by atoms with Crippen LogP contribution in [-0.2, 0) is 22.5 Å². The van der Waals surface area contributed by atoms with Crippen molar-refractivity contribution in [2.45, 2.75) is 38.8 Å². The van der Waals surface area contributed by atoms with Crippen molar-refractivity contribution in [3.8, 4) is 0 Å². The molecule has 2 atom stereocenters. The molecule has 0 aliphatic carbocycles. The molecule has 7 heteroatoms. The van der Waals surface area contributed by atoms with Crippen LogP contribution >= 0.6 is 0 Å². The van der Waals surface area contributed by atoms with Gasteiger partial charge in [0.25, 0.3) is 0 Å². The minimum absolute atomic E-state index is 0.0395. The lowest BCUT2D eigenvalue weighted by Gasteiger charge is -2.18. The van der Waals surface area contributed by atoms with E-state index in [4.69, 9.17) is 9.26 Å². The van der Waals surface area contributed by atoms with Crippen molar-refractivity contribution in [3.05, 3.63) is 36.0 Å². The molecule has 0 saturated carbocycles. The standard InChI is InChI=1S/C16H22N4O3/c1-12-8-14(23-19-12)9-13-10-22-11-15(13)18-16(21)4-2-6-20-7-3-5-17-20/h3,5,7-8,13,15H,2,4,6,9-11H2,1H3,(H,18,21)/t13-,15+/m1/s1. The molecule has 23 heavy (non-hydrogen) atoms. The van der Waals surface area contributed by atoms with E-state index in [0.717, 1.165) is 30.8 Å². The highest BCUT2D eigenvalue weighted by Gasteiger charge is 2.30. The first-order chi connectivity index (χ1) is 11.2. The van der Waals surface area contributed by atoms with E-state index >= 15 is 0 Å². The molecule has 0 radical (unpaired) electrons. The van der Waals surface area contributed by atoms with Gasteiger partial charge in [-0.3, -0.25) is 9.48 Å². The van der Waals surface area contributed by atoms with Gasteiger partial charge in [0.2, 0.25) is 5.91 Å². The zero-order valence-corrected chi connectivity index (χ0v) is 13.3. The fourth-order valence-corrected chi connectivity index (χ4v) is 2.84. The molecule has 0 spiro atoms. The molecule has 2 aromatic heterocycles. The first-order valence-electron chi connectivity index (χ1n) is 7.97. The third kappa shape index (κ3) is 4.41. The average molecular weight is 318 g/mol. The molecular weight excluding hydrogens is 296 g/mol. The number of ether oxygens (including phenoxy) is 1. The van der Waals surface area contributed by atoms with E-state index in [0.29, 0.717) is 19.6 Å². The molecule has 1 aliphatic heterocycles. The number of nitrogens with zero attached hydrogens (tertiary/aromatic N) is 3. The summed E-state index contributed by atoms with van der Waals surface area (Å²) in [6, 6.07) is 3.85. The van der Waals surface area contributed by atoms with E-state index in [-0.39, 0.29) is 17.9 Å². The van der Waals surface area contributed by atoms with Gasteiger partial charge in [0.05, 0.1) is 24.9 Å². The van der Waals surface area contributed by atoms with Crippen LogP contribution in [0.3, 0.4) is 0 Å². The van der Waals surface area contributed by atoms with Crippen LogP contribution in [-0.4, -0.2) is 40.1 Å². The summed E-state index contributed by atoms with van der Waals surface area (Å²) in [5, 5.41) is 11.1. The number of hydrogen-bond donors (Lipinski definition) is 1. The minimum atomic E-state index is 0.0395. The highest BCUT2D eigenvalue weighted by molar-refractivity contribution is 5.76. The quantitative estimate of drug-likeness (QED) is 0.833. The fraction of sp³-hybridized carbons (Fsp3) is 0.562. The third-order valence-electron chi connectivity index (χ3n) is 4.04. The Morgan fingerprint density at radius 3 is 3.13 bits per heavy atom. The van der Waals surface area contributed by atoms with Gasteiger partial charge in [0.1, 0.15) is 5.76 Å². The summed E-state index contributed by atoms with van der Waals surface area (Å²) in [7, 11) is 0. The monoisotopic (exact) mass is 318 g/mol. The van der Waals surface area contributed by atoms with Crippen LogP contribution in [0, 0.1) is 12.8 Å². The Balaban J connectivity index is 1.43. The van der Waals surface area contributed by atoms with E-state index < -0.39 is 0 Å². The summed E-state index contributed by atoms with van der Waals surface area (Å²) in [6.45, 7) is 3.85. The first-order valence-corrected chi connectivity index (χ1v) is 7.97. The number of carbonyl (C=O) groups excluding carboxylic acids is 1. The molecule has 1 fully saturated rings. The Morgan fingerprint density at radius 2 is 2.39 bits per heavy atom. The predicted octanol–water partition coefficient (Wildman–Crippen LogP) is 1.33. The van der Waals surface area contributed by atoms with Gasteiger partial charge in [-0.2, -0.15) is 5.10 Å². The summed E-state index contributed by atoms with van der Waals surface area (Å²) in [5.41, 5.74) is 0.873. The van der Waals surface area contributed by atoms with Crippen molar-refractivity contribution >= 4 is 5.91 Å². The van der Waals surface area contributed by atoms with Gasteiger partial charge in [-0.05, 0) is 19.4 Å². The number of aryl methyl sites for hydroxylation is 2. The van der Waals surface area contributed by atoms with Crippen LogP contribution in [0.1, 0.15) is 24.3 Å². The Hall–Kier alpha value is -2.15. The number of nitrogens with one attached hydrogen (secondary N) is 1. The van der Waals surface area contributed by atoms with Gasteiger partial charge in [-0.25, -0.2) is 0 Å². The largest absolute Gasteiger partial charge is 0.379 e. The van der Waals surface area contributed by atoms with Crippen LogP contribution in [0.25, 0.3) is 0 Å². The average Bonchev–Trinajstić information content (AvgIpc) is 3.24. The molecule has 1 N–H and O–H groups in total. The maximum Gasteiger partial charge on any atom is 0.220 e. The molecule has 7 nitrogen and oxygen atoms in total. The summed E-state index contributed by atoms with van der Waals surface area (Å²) in [4.78, 5) is 12.1. The Morgan fingerprint density at radius 1 is 1.48 bits per heavy atom. The summed E-state index contributed by atoms with van der Waals surface area (Å²) in [6.07, 6.45) is 5.64. The molecule has 1 saturated heterocycles. The first kappa shape index (κ1) is 15.7. The minimum Gasteiger partial charge on any atom is -0.379 e. The highest BCUT2D eigenvalue weighted by atomic mass is 16.5. The van der Waals surface area contributed by atoms with Gasteiger partial charge in [0.15, 0.2) is 0 Å². The molecule has 0 bridgehead atoms. The maximum absolute atomic E-state index is 12.1. The van der Waals surface area contributed by atoms with Crippen LogP contribution < -0.4 is 5.32 Å². The summed E-state index contributed by atoms with van der Waals surface area (Å²) in [5.74, 6) is 1.14. The van der Waals surface area contributed by atoms with Crippen molar-refractivity contribution in [2.75, 3.05) is 13.2 Å². The lowest BCUT2D eigenvalue weighted by Crippen LogP contribution is -2.40. The maximum atomic E-state index is 12.1. The highest BCUT2D eigenvalue weighted by Crippen LogP contribution is 2.20. The van der Waals surface area contributed by atoms with E-state index in [1.165, 1.54) is 0 Å². The predicted molar refractivity (Wildman–Crippen MR) is 82.6 cm³/mol. The van der Waals surface area contributed by atoms with Gasteiger partial charge >= 0.3 is 0 Å². The molecule has 2 aromatic rings. The number of carbonyl (C=O) groups is 1. The summed E-state index contributed by atoms with van der Waals surface area (Å²) < 4.78 is 12.6. The number of hydrogen-bond acceptors (Lipinski definition) is 5. The second-order valence-electron chi connectivity index (χ2n) is 5.98. The normalized spacial score (nSPS) is 20.7. The molecule has 3 rings (SSSR count). The lowest BCUT2D eigenvalue weighted by molar-refractivity contribution is -0.122. The van der Waals surface area contributed by atoms with Crippen molar-refractivity contribution in [1.29, 1.82) is 0 Å². The number of amides is 1. The SMILES string of the molecule is Cc1cc(C[C@@H]2COC[C@@H]2NC(=O)CCCn2cccn2)on1. The lowest BCUT2D eigenvalue weighted by atomic mass is 9.98. The Bertz CT molecular complexity index is 623. The molecule has 1 amide bonds. The summed E-state index contributed by atoms with van der Waals surface area (Å²) >= 11 is 0. The van der Waals surface area contributed by atoms with Gasteiger partial charge in [0, 0.05) is 43.8 Å².